The van der Waals surface area contributed by atoms with Crippen molar-refractivity contribution in [3.63, 3.8) is 0 Å². The maximum atomic E-state index is 13.0. The molecule has 0 spiro atoms. The second kappa shape index (κ2) is 7.54. The Bertz CT molecular complexity index is 1110. The average Bonchev–Trinajstić information content (AvgIpc) is 3.10. The number of halogens is 2. The standard InChI is InChI=1S/C21H17Cl2N3O3/c1-21(11-13-4-2-3-5-16(13)19(27)29-21)20(28)25-18-8-9-24-26(18)12-14-6-7-15(22)10-17(14)23/h2-10H,11-12H2,1H3,(H,25,28)/t21-/m1/s1. The van der Waals surface area contributed by atoms with Gasteiger partial charge in [-0.2, -0.15) is 5.10 Å². The summed E-state index contributed by atoms with van der Waals surface area (Å²) in [4.78, 5) is 25.3. The smallest absolute Gasteiger partial charge is 0.339 e. The summed E-state index contributed by atoms with van der Waals surface area (Å²) in [5, 5.41) is 8.12. The van der Waals surface area contributed by atoms with Crippen LogP contribution in [0.15, 0.2) is 54.7 Å². The molecule has 0 bridgehead atoms. The lowest BCUT2D eigenvalue weighted by molar-refractivity contribution is -0.134. The molecule has 6 nitrogen and oxygen atoms in total. The van der Waals surface area contributed by atoms with Crippen molar-refractivity contribution in [1.29, 1.82) is 0 Å². The molecule has 4 rings (SSSR count). The fourth-order valence-electron chi connectivity index (χ4n) is 3.28. The Balaban J connectivity index is 1.54. The fraction of sp³-hybridized carbons (Fsp3) is 0.190. The molecular weight excluding hydrogens is 413 g/mol. The number of carbonyl (C=O) groups excluding carboxylic acids is 2. The van der Waals surface area contributed by atoms with Crippen LogP contribution >= 0.6 is 23.2 Å². The zero-order valence-corrected chi connectivity index (χ0v) is 17.0. The summed E-state index contributed by atoms with van der Waals surface area (Å²) >= 11 is 12.2. The van der Waals surface area contributed by atoms with Gasteiger partial charge in [-0.3, -0.25) is 4.79 Å². The quantitative estimate of drug-likeness (QED) is 0.625. The number of benzene rings is 2. The van der Waals surface area contributed by atoms with Gasteiger partial charge in [0.2, 0.25) is 0 Å². The summed E-state index contributed by atoms with van der Waals surface area (Å²) in [6.45, 7) is 1.95. The molecule has 1 aliphatic rings. The normalized spacial score (nSPS) is 18.1. The van der Waals surface area contributed by atoms with Crippen molar-refractivity contribution in [3.8, 4) is 0 Å². The number of ether oxygens (including phenoxy) is 1. The lowest BCUT2D eigenvalue weighted by Crippen LogP contribution is -2.49. The Morgan fingerprint density at radius 3 is 2.83 bits per heavy atom. The van der Waals surface area contributed by atoms with Crippen molar-refractivity contribution in [1.82, 2.24) is 9.78 Å². The van der Waals surface area contributed by atoms with E-state index in [1.165, 1.54) is 0 Å². The maximum Gasteiger partial charge on any atom is 0.339 e. The molecule has 0 aliphatic carbocycles. The van der Waals surface area contributed by atoms with Gasteiger partial charge in [0.25, 0.3) is 5.91 Å². The number of esters is 1. The summed E-state index contributed by atoms with van der Waals surface area (Å²) in [7, 11) is 0. The molecule has 3 aromatic rings. The van der Waals surface area contributed by atoms with Gasteiger partial charge in [0.05, 0.1) is 18.3 Å². The Morgan fingerprint density at radius 2 is 2.03 bits per heavy atom. The molecule has 1 aromatic heterocycles. The van der Waals surface area contributed by atoms with E-state index in [0.717, 1.165) is 11.1 Å². The third-order valence-electron chi connectivity index (χ3n) is 4.86. The molecule has 2 heterocycles. The lowest BCUT2D eigenvalue weighted by atomic mass is 9.89. The van der Waals surface area contributed by atoms with Crippen LogP contribution in [-0.2, 0) is 22.5 Å². The summed E-state index contributed by atoms with van der Waals surface area (Å²) in [6, 6.07) is 14.0. The van der Waals surface area contributed by atoms with Crippen LogP contribution in [-0.4, -0.2) is 27.3 Å². The van der Waals surface area contributed by atoms with Crippen LogP contribution in [0.3, 0.4) is 0 Å². The van der Waals surface area contributed by atoms with Crippen LogP contribution in [0, 0.1) is 0 Å². The number of cyclic esters (lactones) is 1. The van der Waals surface area contributed by atoms with Gasteiger partial charge in [0, 0.05) is 22.5 Å². The first-order valence-corrected chi connectivity index (χ1v) is 9.70. The summed E-state index contributed by atoms with van der Waals surface area (Å²) in [5.41, 5.74) is 0.751. The number of anilines is 1. The highest BCUT2D eigenvalue weighted by molar-refractivity contribution is 6.35. The van der Waals surface area contributed by atoms with Gasteiger partial charge in [0.15, 0.2) is 5.60 Å². The highest BCUT2D eigenvalue weighted by Gasteiger charge is 2.42. The van der Waals surface area contributed by atoms with Gasteiger partial charge >= 0.3 is 5.97 Å². The van der Waals surface area contributed by atoms with Gasteiger partial charge in [0.1, 0.15) is 5.82 Å². The van der Waals surface area contributed by atoms with Crippen LogP contribution < -0.4 is 5.32 Å². The Morgan fingerprint density at radius 1 is 1.24 bits per heavy atom. The van der Waals surface area contributed by atoms with Crippen LogP contribution in [0.1, 0.15) is 28.4 Å². The van der Waals surface area contributed by atoms with E-state index < -0.39 is 17.5 Å². The third-order valence-corrected chi connectivity index (χ3v) is 5.44. The molecule has 8 heteroatoms. The summed E-state index contributed by atoms with van der Waals surface area (Å²) in [6.07, 6.45) is 1.86. The molecule has 29 heavy (non-hydrogen) atoms. The lowest BCUT2D eigenvalue weighted by Gasteiger charge is -2.33. The van der Waals surface area contributed by atoms with Crippen molar-refractivity contribution in [2.45, 2.75) is 25.5 Å². The summed E-state index contributed by atoms with van der Waals surface area (Å²) < 4.78 is 7.09. The number of hydrogen-bond donors (Lipinski definition) is 1. The van der Waals surface area contributed by atoms with Gasteiger partial charge in [-0.25, -0.2) is 9.48 Å². The van der Waals surface area contributed by atoms with Crippen molar-refractivity contribution in [2.24, 2.45) is 0 Å². The number of aromatic nitrogens is 2. The highest BCUT2D eigenvalue weighted by atomic mass is 35.5. The predicted octanol–water partition coefficient (Wildman–Crippen LogP) is 4.35. The first-order valence-electron chi connectivity index (χ1n) is 8.94. The van der Waals surface area contributed by atoms with Gasteiger partial charge in [-0.15, -0.1) is 0 Å². The zero-order valence-electron chi connectivity index (χ0n) is 15.5. The number of amides is 1. The molecule has 0 radical (unpaired) electrons. The number of fused-ring (bicyclic) bond motifs is 1. The number of nitrogens with one attached hydrogen (secondary N) is 1. The predicted molar refractivity (Wildman–Crippen MR) is 110 cm³/mol. The molecule has 2 aromatic carbocycles. The Labute approximate surface area is 177 Å². The number of carbonyl (C=O) groups is 2. The zero-order chi connectivity index (χ0) is 20.6. The molecule has 0 saturated carbocycles. The SMILES string of the molecule is C[C@]1(C(=O)Nc2ccnn2Cc2ccc(Cl)cc2Cl)Cc2ccccc2C(=O)O1. The van der Waals surface area contributed by atoms with Crippen molar-refractivity contribution in [3.05, 3.63) is 81.5 Å². The van der Waals surface area contributed by atoms with E-state index in [-0.39, 0.29) is 6.42 Å². The van der Waals surface area contributed by atoms with Crippen LogP contribution in [0.4, 0.5) is 5.82 Å². The van der Waals surface area contributed by atoms with E-state index in [4.69, 9.17) is 27.9 Å². The van der Waals surface area contributed by atoms with Crippen LogP contribution in [0.25, 0.3) is 0 Å². The molecule has 0 fully saturated rings. The minimum absolute atomic E-state index is 0.290. The summed E-state index contributed by atoms with van der Waals surface area (Å²) in [5.74, 6) is -0.465. The Hall–Kier alpha value is -2.83. The van der Waals surface area contributed by atoms with Crippen LogP contribution in [0.5, 0.6) is 0 Å². The second-order valence-electron chi connectivity index (χ2n) is 7.02. The van der Waals surface area contributed by atoms with Crippen molar-refractivity contribution < 1.29 is 14.3 Å². The molecular formula is C21H17Cl2N3O3. The van der Waals surface area contributed by atoms with E-state index in [9.17, 15) is 9.59 Å². The highest BCUT2D eigenvalue weighted by Crippen LogP contribution is 2.29. The molecule has 1 atom stereocenters. The molecule has 0 unspecified atom stereocenters. The number of hydrogen-bond acceptors (Lipinski definition) is 4. The van der Waals surface area contributed by atoms with Gasteiger partial charge in [-0.05, 0) is 36.2 Å². The number of nitrogens with zero attached hydrogens (tertiary/aromatic N) is 2. The third kappa shape index (κ3) is 3.86. The van der Waals surface area contributed by atoms with Crippen molar-refractivity contribution in [2.75, 3.05) is 5.32 Å². The van der Waals surface area contributed by atoms with E-state index in [1.54, 1.807) is 54.2 Å². The molecule has 1 amide bonds. The molecule has 1 N–H and O–H groups in total. The molecule has 0 saturated heterocycles. The van der Waals surface area contributed by atoms with Gasteiger partial charge in [-0.1, -0.05) is 47.5 Å². The maximum absolute atomic E-state index is 13.0. The second-order valence-corrected chi connectivity index (χ2v) is 7.86. The Kier molecular flexibility index (Phi) is 5.06. The minimum Gasteiger partial charge on any atom is -0.445 e. The largest absolute Gasteiger partial charge is 0.445 e. The van der Waals surface area contributed by atoms with E-state index in [1.807, 2.05) is 12.1 Å². The first kappa shape index (κ1) is 19.5. The van der Waals surface area contributed by atoms with Crippen LogP contribution in [0.2, 0.25) is 10.0 Å². The molecule has 1 aliphatic heterocycles. The van der Waals surface area contributed by atoms with Crippen molar-refractivity contribution >= 4 is 40.9 Å². The van der Waals surface area contributed by atoms with Gasteiger partial charge < -0.3 is 10.1 Å². The number of rotatable bonds is 4. The first-order chi connectivity index (χ1) is 13.9. The topological polar surface area (TPSA) is 73.2 Å². The fourth-order valence-corrected chi connectivity index (χ4v) is 3.75. The molecule has 148 valence electrons. The monoisotopic (exact) mass is 429 g/mol. The van der Waals surface area contributed by atoms with E-state index >= 15 is 0 Å². The minimum atomic E-state index is -1.32. The van der Waals surface area contributed by atoms with E-state index in [0.29, 0.717) is 28.0 Å². The van der Waals surface area contributed by atoms with E-state index in [2.05, 4.69) is 10.4 Å². The average molecular weight is 430 g/mol.